The summed E-state index contributed by atoms with van der Waals surface area (Å²) in [5.74, 6) is -0.829. The fourth-order valence-corrected chi connectivity index (χ4v) is 2.01. The van der Waals surface area contributed by atoms with E-state index in [1.807, 2.05) is 30.3 Å². The maximum absolute atomic E-state index is 12.0. The van der Waals surface area contributed by atoms with Crippen molar-refractivity contribution in [2.24, 2.45) is 0 Å². The molecule has 0 fully saturated rings. The second-order valence-electron chi connectivity index (χ2n) is 5.17. The maximum Gasteiger partial charge on any atom is 0.338 e. The Morgan fingerprint density at radius 1 is 1.00 bits per heavy atom. The molecular formula is C18H19NO4. The first-order chi connectivity index (χ1) is 11.1. The van der Waals surface area contributed by atoms with E-state index in [0.29, 0.717) is 17.7 Å². The molecule has 0 aliphatic carbocycles. The summed E-state index contributed by atoms with van der Waals surface area (Å²) in [7, 11) is 1.67. The lowest BCUT2D eigenvalue weighted by Crippen LogP contribution is -2.30. The molecule has 0 atom stereocenters. The predicted molar refractivity (Wildman–Crippen MR) is 85.6 cm³/mol. The average Bonchev–Trinajstić information content (AvgIpc) is 2.60. The number of hydrogen-bond donors (Lipinski definition) is 1. The monoisotopic (exact) mass is 313 g/mol. The molecule has 0 heterocycles. The molecule has 0 unspecified atom stereocenters. The summed E-state index contributed by atoms with van der Waals surface area (Å²) in [6.07, 6.45) is 0. The normalized spacial score (nSPS) is 10.2. The zero-order valence-corrected chi connectivity index (χ0v) is 12.9. The van der Waals surface area contributed by atoms with Crippen molar-refractivity contribution in [1.82, 2.24) is 4.90 Å². The van der Waals surface area contributed by atoms with Gasteiger partial charge in [-0.1, -0.05) is 42.5 Å². The number of benzene rings is 2. The number of esters is 1. The molecule has 0 saturated heterocycles. The lowest BCUT2D eigenvalue weighted by atomic mass is 10.1. The Bertz CT molecular complexity index is 652. The maximum atomic E-state index is 12.0. The molecule has 0 bridgehead atoms. The molecule has 5 heteroatoms. The molecule has 0 aliphatic heterocycles. The van der Waals surface area contributed by atoms with Crippen molar-refractivity contribution >= 4 is 11.9 Å². The van der Waals surface area contributed by atoms with Gasteiger partial charge in [0.15, 0.2) is 6.61 Å². The highest BCUT2D eigenvalue weighted by Gasteiger charge is 2.13. The molecule has 0 spiro atoms. The number of hydrogen-bond acceptors (Lipinski definition) is 4. The number of aliphatic hydroxyl groups is 1. The third-order valence-corrected chi connectivity index (χ3v) is 3.39. The summed E-state index contributed by atoms with van der Waals surface area (Å²) in [6.45, 7) is 0.0738. The molecule has 0 radical (unpaired) electrons. The van der Waals surface area contributed by atoms with Crippen LogP contribution in [0.5, 0.6) is 0 Å². The van der Waals surface area contributed by atoms with Crippen LogP contribution in [0.4, 0.5) is 0 Å². The Morgan fingerprint density at radius 3 is 2.26 bits per heavy atom. The number of carbonyl (C=O) groups is 2. The average molecular weight is 313 g/mol. The van der Waals surface area contributed by atoms with Gasteiger partial charge < -0.3 is 14.7 Å². The third kappa shape index (κ3) is 4.93. The molecule has 120 valence electrons. The lowest BCUT2D eigenvalue weighted by Gasteiger charge is -2.17. The van der Waals surface area contributed by atoms with Crippen LogP contribution in [0.3, 0.4) is 0 Å². The molecule has 2 rings (SSSR count). The molecule has 5 nitrogen and oxygen atoms in total. The first kappa shape index (κ1) is 16.7. The first-order valence-electron chi connectivity index (χ1n) is 7.25. The van der Waals surface area contributed by atoms with Gasteiger partial charge in [-0.3, -0.25) is 4.79 Å². The molecule has 23 heavy (non-hydrogen) atoms. The predicted octanol–water partition coefficient (Wildman–Crippen LogP) is 1.99. The summed E-state index contributed by atoms with van der Waals surface area (Å²) in [6, 6.07) is 16.0. The van der Waals surface area contributed by atoms with E-state index in [-0.39, 0.29) is 19.1 Å². The number of ether oxygens (including phenoxy) is 1. The first-order valence-corrected chi connectivity index (χ1v) is 7.25. The quantitative estimate of drug-likeness (QED) is 0.828. The third-order valence-electron chi connectivity index (χ3n) is 3.39. The van der Waals surface area contributed by atoms with Crippen molar-refractivity contribution in [2.45, 2.75) is 13.2 Å². The van der Waals surface area contributed by atoms with Crippen LogP contribution in [0.15, 0.2) is 54.6 Å². The van der Waals surface area contributed by atoms with Gasteiger partial charge in [-0.05, 0) is 23.3 Å². The van der Waals surface area contributed by atoms with Gasteiger partial charge in [-0.2, -0.15) is 0 Å². The van der Waals surface area contributed by atoms with Gasteiger partial charge >= 0.3 is 5.97 Å². The van der Waals surface area contributed by atoms with Crippen molar-refractivity contribution in [3.63, 3.8) is 0 Å². The zero-order chi connectivity index (χ0) is 16.7. The minimum absolute atomic E-state index is 0.0852. The van der Waals surface area contributed by atoms with Crippen molar-refractivity contribution in [3.8, 4) is 0 Å². The Labute approximate surface area is 135 Å². The van der Waals surface area contributed by atoms with Crippen molar-refractivity contribution in [3.05, 3.63) is 71.3 Å². The summed E-state index contributed by atoms with van der Waals surface area (Å²) >= 11 is 0. The smallest absolute Gasteiger partial charge is 0.338 e. The van der Waals surface area contributed by atoms with E-state index in [4.69, 9.17) is 9.84 Å². The van der Waals surface area contributed by atoms with Crippen LogP contribution in [0.1, 0.15) is 21.5 Å². The van der Waals surface area contributed by atoms with Gasteiger partial charge in [0.25, 0.3) is 5.91 Å². The Kier molecular flexibility index (Phi) is 5.88. The van der Waals surface area contributed by atoms with Crippen LogP contribution in [0, 0.1) is 0 Å². The Morgan fingerprint density at radius 2 is 1.65 bits per heavy atom. The second kappa shape index (κ2) is 8.10. The molecule has 2 aromatic carbocycles. The minimum atomic E-state index is -0.559. The second-order valence-corrected chi connectivity index (χ2v) is 5.17. The van der Waals surface area contributed by atoms with E-state index in [1.54, 1.807) is 31.3 Å². The van der Waals surface area contributed by atoms with Crippen LogP contribution in [-0.4, -0.2) is 35.5 Å². The Hall–Kier alpha value is -2.66. The van der Waals surface area contributed by atoms with Crippen LogP contribution in [-0.2, 0) is 22.7 Å². The largest absolute Gasteiger partial charge is 0.452 e. The summed E-state index contributed by atoms with van der Waals surface area (Å²) < 4.78 is 5.03. The van der Waals surface area contributed by atoms with Gasteiger partial charge in [0.1, 0.15) is 0 Å². The van der Waals surface area contributed by atoms with Crippen LogP contribution < -0.4 is 0 Å². The van der Waals surface area contributed by atoms with E-state index < -0.39 is 5.97 Å². The number of carbonyl (C=O) groups excluding carboxylic acids is 2. The van der Waals surface area contributed by atoms with E-state index in [0.717, 1.165) is 5.56 Å². The van der Waals surface area contributed by atoms with Gasteiger partial charge in [0.05, 0.1) is 12.2 Å². The Balaban J connectivity index is 1.84. The van der Waals surface area contributed by atoms with Crippen molar-refractivity contribution in [2.75, 3.05) is 13.7 Å². The number of nitrogens with zero attached hydrogens (tertiary/aromatic N) is 1. The minimum Gasteiger partial charge on any atom is -0.452 e. The van der Waals surface area contributed by atoms with E-state index in [9.17, 15) is 9.59 Å². The molecule has 0 aliphatic rings. The fourth-order valence-electron chi connectivity index (χ4n) is 2.01. The SMILES string of the molecule is CN(Cc1ccccc1)C(=O)COC(=O)c1ccc(CO)cc1. The standard InChI is InChI=1S/C18H19NO4/c1-19(11-14-5-3-2-4-6-14)17(21)13-23-18(22)16-9-7-15(12-20)8-10-16/h2-10,20H,11-13H2,1H3. The van der Waals surface area contributed by atoms with Crippen LogP contribution in [0.25, 0.3) is 0 Å². The highest BCUT2D eigenvalue weighted by atomic mass is 16.5. The number of rotatable bonds is 6. The summed E-state index contributed by atoms with van der Waals surface area (Å²) in [5.41, 5.74) is 2.07. The van der Waals surface area contributed by atoms with E-state index >= 15 is 0 Å². The topological polar surface area (TPSA) is 66.8 Å². The van der Waals surface area contributed by atoms with E-state index in [2.05, 4.69) is 0 Å². The molecule has 1 amide bonds. The van der Waals surface area contributed by atoms with Crippen molar-refractivity contribution < 1.29 is 19.4 Å². The fraction of sp³-hybridized carbons (Fsp3) is 0.222. The molecule has 0 aromatic heterocycles. The molecule has 2 aromatic rings. The zero-order valence-electron chi connectivity index (χ0n) is 12.9. The highest BCUT2D eigenvalue weighted by Crippen LogP contribution is 2.07. The number of aliphatic hydroxyl groups excluding tert-OH is 1. The van der Waals surface area contributed by atoms with Gasteiger partial charge in [0, 0.05) is 13.6 Å². The van der Waals surface area contributed by atoms with Crippen LogP contribution in [0.2, 0.25) is 0 Å². The van der Waals surface area contributed by atoms with Gasteiger partial charge in [-0.15, -0.1) is 0 Å². The summed E-state index contributed by atoms with van der Waals surface area (Å²) in [4.78, 5) is 25.4. The summed E-state index contributed by atoms with van der Waals surface area (Å²) in [5, 5.41) is 8.96. The van der Waals surface area contributed by atoms with Gasteiger partial charge in [0.2, 0.25) is 0 Å². The lowest BCUT2D eigenvalue weighted by molar-refractivity contribution is -0.133. The number of amides is 1. The molecule has 0 saturated carbocycles. The number of likely N-dealkylation sites (N-methyl/N-ethyl adjacent to an activating group) is 1. The van der Waals surface area contributed by atoms with Gasteiger partial charge in [-0.25, -0.2) is 4.79 Å². The van der Waals surface area contributed by atoms with Crippen LogP contribution >= 0.6 is 0 Å². The molecule has 1 N–H and O–H groups in total. The molecular weight excluding hydrogens is 294 g/mol. The van der Waals surface area contributed by atoms with E-state index in [1.165, 1.54) is 4.90 Å². The highest BCUT2D eigenvalue weighted by molar-refractivity contribution is 5.91. The van der Waals surface area contributed by atoms with Crippen molar-refractivity contribution in [1.29, 1.82) is 0 Å².